The van der Waals surface area contributed by atoms with Gasteiger partial charge in [-0.25, -0.2) is 0 Å². The van der Waals surface area contributed by atoms with Crippen molar-refractivity contribution >= 4 is 6.21 Å². The van der Waals surface area contributed by atoms with Gasteiger partial charge in [0.1, 0.15) is 0 Å². The molecule has 1 rings (SSSR count). The molecule has 0 spiro atoms. The first-order chi connectivity index (χ1) is 4.83. The molecule has 2 atom stereocenters. The van der Waals surface area contributed by atoms with Crippen LogP contribution in [0.3, 0.4) is 0 Å². The summed E-state index contributed by atoms with van der Waals surface area (Å²) in [5.41, 5.74) is 5.61. The first-order valence-electron chi connectivity index (χ1n) is 3.69. The van der Waals surface area contributed by atoms with Crippen molar-refractivity contribution in [2.45, 2.75) is 31.4 Å². The number of hydrogen-bond acceptors (Lipinski definition) is 3. The summed E-state index contributed by atoms with van der Waals surface area (Å²) in [4.78, 5) is 0. The van der Waals surface area contributed by atoms with Gasteiger partial charge in [0.15, 0.2) is 0 Å². The minimum Gasteiger partial charge on any atom is -0.376 e. The van der Waals surface area contributed by atoms with Crippen LogP contribution in [0.4, 0.5) is 0 Å². The van der Waals surface area contributed by atoms with Crippen LogP contribution in [-0.4, -0.2) is 25.0 Å². The number of rotatable bonds is 2. The van der Waals surface area contributed by atoms with Crippen LogP contribution < -0.4 is 5.73 Å². The van der Waals surface area contributed by atoms with Crippen LogP contribution in [0, 0.1) is 5.41 Å². The predicted molar refractivity (Wildman–Crippen MR) is 40.4 cm³/mol. The van der Waals surface area contributed by atoms with Gasteiger partial charge in [0.05, 0.1) is 12.7 Å². The molecule has 1 saturated heterocycles. The normalized spacial score (nSPS) is 33.7. The van der Waals surface area contributed by atoms with Crippen LogP contribution in [0.15, 0.2) is 0 Å². The van der Waals surface area contributed by atoms with Crippen LogP contribution in [0.2, 0.25) is 0 Å². The van der Waals surface area contributed by atoms with E-state index in [0.29, 0.717) is 6.61 Å². The van der Waals surface area contributed by atoms with Crippen LogP contribution in [-0.2, 0) is 4.74 Å². The Morgan fingerprint density at radius 1 is 1.60 bits per heavy atom. The van der Waals surface area contributed by atoms with Gasteiger partial charge in [0, 0.05) is 12.5 Å². The Bertz CT molecular complexity index is 108. The largest absolute Gasteiger partial charge is 0.376 e. The molecule has 3 nitrogen and oxygen atoms in total. The number of ether oxygens (including phenoxy) is 1. The maximum Gasteiger partial charge on any atom is 0.0625 e. The predicted octanol–water partition coefficient (Wildman–Crippen LogP) is 0.532. The molecule has 3 heteroatoms. The SMILES string of the molecule is N=CCC1CC[C@H](N)CO1. The molecule has 1 aliphatic heterocycles. The van der Waals surface area contributed by atoms with Gasteiger partial charge < -0.3 is 15.9 Å². The third kappa shape index (κ3) is 2.08. The van der Waals surface area contributed by atoms with E-state index < -0.39 is 0 Å². The zero-order chi connectivity index (χ0) is 7.40. The molecular weight excluding hydrogens is 128 g/mol. The van der Waals surface area contributed by atoms with Gasteiger partial charge in [-0.2, -0.15) is 0 Å². The molecule has 1 unspecified atom stereocenters. The lowest BCUT2D eigenvalue weighted by Crippen LogP contribution is -2.35. The first kappa shape index (κ1) is 7.69. The molecule has 0 amide bonds. The van der Waals surface area contributed by atoms with E-state index in [9.17, 15) is 0 Å². The lowest BCUT2D eigenvalue weighted by molar-refractivity contribution is 0.0107. The second-order valence-electron chi connectivity index (χ2n) is 2.73. The van der Waals surface area contributed by atoms with Gasteiger partial charge in [-0.15, -0.1) is 0 Å². The van der Waals surface area contributed by atoms with E-state index in [1.807, 2.05) is 0 Å². The Labute approximate surface area is 61.1 Å². The van der Waals surface area contributed by atoms with Crippen molar-refractivity contribution in [3.05, 3.63) is 0 Å². The second kappa shape index (κ2) is 3.68. The summed E-state index contributed by atoms with van der Waals surface area (Å²) in [7, 11) is 0. The third-order valence-electron chi connectivity index (χ3n) is 1.79. The van der Waals surface area contributed by atoms with Crippen molar-refractivity contribution in [1.29, 1.82) is 5.41 Å². The van der Waals surface area contributed by atoms with E-state index in [1.54, 1.807) is 0 Å². The van der Waals surface area contributed by atoms with Gasteiger partial charge in [0.25, 0.3) is 0 Å². The Balaban J connectivity index is 2.19. The molecule has 0 radical (unpaired) electrons. The van der Waals surface area contributed by atoms with Crippen molar-refractivity contribution in [3.63, 3.8) is 0 Å². The standard InChI is InChI=1S/C7H14N2O/c8-4-3-7-2-1-6(9)5-10-7/h4,6-8H,1-3,5,9H2/t6-,7?/m0/s1. The molecule has 3 N–H and O–H groups in total. The third-order valence-corrected chi connectivity index (χ3v) is 1.79. The van der Waals surface area contributed by atoms with E-state index in [4.69, 9.17) is 15.9 Å². The molecule has 58 valence electrons. The fourth-order valence-corrected chi connectivity index (χ4v) is 1.14. The number of nitrogens with one attached hydrogen (secondary N) is 1. The average Bonchev–Trinajstić information content (AvgIpc) is 1.95. The van der Waals surface area contributed by atoms with Crippen molar-refractivity contribution in [1.82, 2.24) is 0 Å². The zero-order valence-electron chi connectivity index (χ0n) is 6.05. The Kier molecular flexibility index (Phi) is 2.83. The molecule has 0 aromatic rings. The van der Waals surface area contributed by atoms with Gasteiger partial charge >= 0.3 is 0 Å². The Morgan fingerprint density at radius 3 is 2.90 bits per heavy atom. The van der Waals surface area contributed by atoms with Gasteiger partial charge in [0.2, 0.25) is 0 Å². The van der Waals surface area contributed by atoms with Gasteiger partial charge in [-0.1, -0.05) is 0 Å². The number of nitrogens with two attached hydrogens (primary N) is 1. The summed E-state index contributed by atoms with van der Waals surface area (Å²) in [6.07, 6.45) is 4.46. The molecule has 0 bridgehead atoms. The van der Waals surface area contributed by atoms with Crippen LogP contribution >= 0.6 is 0 Å². The smallest absolute Gasteiger partial charge is 0.0625 e. The maximum atomic E-state index is 6.85. The first-order valence-corrected chi connectivity index (χ1v) is 3.69. The summed E-state index contributed by atoms with van der Waals surface area (Å²) >= 11 is 0. The highest BCUT2D eigenvalue weighted by Gasteiger charge is 2.17. The van der Waals surface area contributed by atoms with Crippen molar-refractivity contribution in [2.24, 2.45) is 5.73 Å². The van der Waals surface area contributed by atoms with Crippen LogP contribution in [0.25, 0.3) is 0 Å². The monoisotopic (exact) mass is 142 g/mol. The zero-order valence-corrected chi connectivity index (χ0v) is 6.05. The minimum atomic E-state index is 0.224. The number of hydrogen-bond donors (Lipinski definition) is 2. The Hall–Kier alpha value is -0.410. The van der Waals surface area contributed by atoms with E-state index in [0.717, 1.165) is 19.3 Å². The quantitative estimate of drug-likeness (QED) is 0.552. The van der Waals surface area contributed by atoms with Crippen LogP contribution in [0.5, 0.6) is 0 Å². The van der Waals surface area contributed by atoms with E-state index in [2.05, 4.69) is 0 Å². The summed E-state index contributed by atoms with van der Waals surface area (Å²) < 4.78 is 5.35. The molecule has 0 aliphatic carbocycles. The topological polar surface area (TPSA) is 59.1 Å². The van der Waals surface area contributed by atoms with Crippen molar-refractivity contribution in [3.8, 4) is 0 Å². The molecule has 10 heavy (non-hydrogen) atoms. The van der Waals surface area contributed by atoms with E-state index >= 15 is 0 Å². The van der Waals surface area contributed by atoms with Gasteiger partial charge in [-0.3, -0.25) is 0 Å². The Morgan fingerprint density at radius 2 is 2.40 bits per heavy atom. The lowest BCUT2D eigenvalue weighted by atomic mass is 10.0. The highest BCUT2D eigenvalue weighted by atomic mass is 16.5. The maximum absolute atomic E-state index is 6.85. The molecule has 1 heterocycles. The van der Waals surface area contributed by atoms with E-state index in [-0.39, 0.29) is 12.1 Å². The highest BCUT2D eigenvalue weighted by molar-refractivity contribution is 5.53. The summed E-state index contributed by atoms with van der Waals surface area (Å²) in [6, 6.07) is 0.224. The molecule has 1 aliphatic rings. The molecule has 0 saturated carbocycles. The second-order valence-corrected chi connectivity index (χ2v) is 2.73. The molecule has 1 fully saturated rings. The summed E-state index contributed by atoms with van der Waals surface area (Å²) in [6.45, 7) is 0.665. The molecule has 0 aromatic heterocycles. The highest BCUT2D eigenvalue weighted by Crippen LogP contribution is 2.13. The van der Waals surface area contributed by atoms with Gasteiger partial charge in [-0.05, 0) is 19.1 Å². The summed E-state index contributed by atoms with van der Waals surface area (Å²) in [5, 5.41) is 6.85. The minimum absolute atomic E-state index is 0.224. The average molecular weight is 142 g/mol. The van der Waals surface area contributed by atoms with Crippen LogP contribution in [0.1, 0.15) is 19.3 Å². The van der Waals surface area contributed by atoms with Crippen molar-refractivity contribution < 1.29 is 4.74 Å². The fraction of sp³-hybridized carbons (Fsp3) is 0.857. The fourth-order valence-electron chi connectivity index (χ4n) is 1.14. The molecule has 0 aromatic carbocycles. The van der Waals surface area contributed by atoms with E-state index in [1.165, 1.54) is 6.21 Å². The van der Waals surface area contributed by atoms with Crippen molar-refractivity contribution in [2.75, 3.05) is 6.61 Å². The lowest BCUT2D eigenvalue weighted by Gasteiger charge is -2.25. The summed E-state index contributed by atoms with van der Waals surface area (Å²) in [5.74, 6) is 0. The molecular formula is C7H14N2O.